The van der Waals surface area contributed by atoms with Gasteiger partial charge in [0.05, 0.1) is 11.3 Å². The van der Waals surface area contributed by atoms with E-state index in [-0.39, 0.29) is 0 Å². The van der Waals surface area contributed by atoms with E-state index in [1.807, 2.05) is 38.9 Å². The fourth-order valence-electron chi connectivity index (χ4n) is 3.17. The number of nitrogens with zero attached hydrogens (tertiary/aromatic N) is 6. The van der Waals surface area contributed by atoms with E-state index in [0.717, 1.165) is 54.8 Å². The summed E-state index contributed by atoms with van der Waals surface area (Å²) in [5, 5.41) is 16.5. The third kappa shape index (κ3) is 3.04. The number of aromatic amines is 1. The first-order valence-electron chi connectivity index (χ1n) is 8.22. The van der Waals surface area contributed by atoms with Crippen LogP contribution in [0.2, 0.25) is 0 Å². The van der Waals surface area contributed by atoms with Gasteiger partial charge in [-0.15, -0.1) is 5.10 Å². The third-order valence-electron chi connectivity index (χ3n) is 4.59. The van der Waals surface area contributed by atoms with Gasteiger partial charge in [0.25, 0.3) is 0 Å². The quantitative estimate of drug-likeness (QED) is 0.930. The lowest BCUT2D eigenvalue weighted by Gasteiger charge is -2.32. The number of aryl methyl sites for hydroxylation is 2. The molecule has 1 aliphatic heterocycles. The number of nitrogens with one attached hydrogen (secondary N) is 1. The van der Waals surface area contributed by atoms with E-state index in [1.165, 1.54) is 0 Å². The molecule has 0 saturated carbocycles. The van der Waals surface area contributed by atoms with E-state index in [4.69, 9.17) is 0 Å². The minimum absolute atomic E-state index is 0.406. The number of rotatable bonds is 3. The van der Waals surface area contributed by atoms with Gasteiger partial charge in [-0.2, -0.15) is 10.2 Å². The van der Waals surface area contributed by atoms with Crippen LogP contribution in [-0.2, 0) is 0 Å². The van der Waals surface area contributed by atoms with Crippen molar-refractivity contribution in [1.29, 1.82) is 5.26 Å². The van der Waals surface area contributed by atoms with Crippen LogP contribution in [0.4, 0.5) is 11.8 Å². The molecule has 1 saturated heterocycles. The molecule has 2 aromatic heterocycles. The average Bonchev–Trinajstić information content (AvgIpc) is 3.05. The highest BCUT2D eigenvalue weighted by Crippen LogP contribution is 2.29. The maximum Gasteiger partial charge on any atom is 0.244 e. The van der Waals surface area contributed by atoms with Crippen LogP contribution in [0.5, 0.6) is 0 Å². The van der Waals surface area contributed by atoms with Crippen LogP contribution >= 0.6 is 0 Å². The van der Waals surface area contributed by atoms with Crippen molar-refractivity contribution in [2.45, 2.75) is 32.6 Å². The second-order valence-corrected chi connectivity index (χ2v) is 6.55. The monoisotopic (exact) mass is 325 g/mol. The summed E-state index contributed by atoms with van der Waals surface area (Å²) in [5.41, 5.74) is 2.49. The maximum absolute atomic E-state index is 9.18. The minimum atomic E-state index is 0.406. The summed E-state index contributed by atoms with van der Waals surface area (Å²) < 4.78 is 0. The van der Waals surface area contributed by atoms with Crippen LogP contribution in [0.3, 0.4) is 0 Å². The molecule has 0 aromatic carbocycles. The van der Waals surface area contributed by atoms with E-state index in [1.54, 1.807) is 0 Å². The Morgan fingerprint density at radius 1 is 1.25 bits per heavy atom. The Balaban J connectivity index is 1.70. The zero-order chi connectivity index (χ0) is 17.3. The summed E-state index contributed by atoms with van der Waals surface area (Å²) in [7, 11) is 3.88. The molecule has 0 unspecified atom stereocenters. The number of anilines is 2. The molecule has 3 rings (SSSR count). The SMILES string of the molecule is Cc1cc(N2CCC(c3nc(N(C)C)n[nH]3)CC2)nc(C)c1C#N. The Kier molecular flexibility index (Phi) is 4.38. The molecule has 1 aliphatic rings. The number of hydrogen-bond donors (Lipinski definition) is 1. The predicted octanol–water partition coefficient (Wildman–Crippen LogP) is 2.14. The lowest BCUT2D eigenvalue weighted by molar-refractivity contribution is 0.484. The van der Waals surface area contributed by atoms with Gasteiger partial charge in [0.2, 0.25) is 5.95 Å². The summed E-state index contributed by atoms with van der Waals surface area (Å²) in [6.07, 6.45) is 2.03. The van der Waals surface area contributed by atoms with Gasteiger partial charge >= 0.3 is 0 Å². The summed E-state index contributed by atoms with van der Waals surface area (Å²) in [5.74, 6) is 3.07. The van der Waals surface area contributed by atoms with Gasteiger partial charge < -0.3 is 9.80 Å². The first-order valence-corrected chi connectivity index (χ1v) is 8.22. The Morgan fingerprint density at radius 3 is 2.50 bits per heavy atom. The molecular formula is C17H23N7. The van der Waals surface area contributed by atoms with Gasteiger partial charge in [0.15, 0.2) is 0 Å². The molecule has 1 N–H and O–H groups in total. The molecule has 0 aliphatic carbocycles. The van der Waals surface area contributed by atoms with Crippen molar-refractivity contribution in [1.82, 2.24) is 20.2 Å². The fourth-order valence-corrected chi connectivity index (χ4v) is 3.17. The van der Waals surface area contributed by atoms with Crippen molar-refractivity contribution in [3.05, 3.63) is 28.7 Å². The molecule has 0 amide bonds. The van der Waals surface area contributed by atoms with Crippen LogP contribution < -0.4 is 9.80 Å². The van der Waals surface area contributed by atoms with Crippen LogP contribution in [0, 0.1) is 25.2 Å². The number of nitriles is 1. The molecule has 7 heteroatoms. The van der Waals surface area contributed by atoms with Gasteiger partial charge in [-0.3, -0.25) is 5.10 Å². The predicted molar refractivity (Wildman–Crippen MR) is 93.3 cm³/mol. The van der Waals surface area contributed by atoms with E-state index in [9.17, 15) is 5.26 Å². The van der Waals surface area contributed by atoms with Crippen molar-refractivity contribution in [2.75, 3.05) is 37.0 Å². The molecule has 24 heavy (non-hydrogen) atoms. The van der Waals surface area contributed by atoms with Crippen LogP contribution in [0.25, 0.3) is 0 Å². The lowest BCUT2D eigenvalue weighted by atomic mass is 9.96. The van der Waals surface area contributed by atoms with Gasteiger partial charge in [-0.25, -0.2) is 4.98 Å². The molecule has 0 spiro atoms. The van der Waals surface area contributed by atoms with Crippen molar-refractivity contribution in [3.63, 3.8) is 0 Å². The second-order valence-electron chi connectivity index (χ2n) is 6.55. The normalized spacial score (nSPS) is 15.4. The molecule has 2 aromatic rings. The zero-order valence-electron chi connectivity index (χ0n) is 14.7. The Bertz CT molecular complexity index is 740. The van der Waals surface area contributed by atoms with Gasteiger partial charge in [0, 0.05) is 33.1 Å². The summed E-state index contributed by atoms with van der Waals surface area (Å²) >= 11 is 0. The highest BCUT2D eigenvalue weighted by Gasteiger charge is 2.25. The van der Waals surface area contributed by atoms with Gasteiger partial charge in [0.1, 0.15) is 17.7 Å². The molecule has 0 atom stereocenters. The topological polar surface area (TPSA) is 84.7 Å². The van der Waals surface area contributed by atoms with Crippen molar-refractivity contribution >= 4 is 11.8 Å². The molecule has 126 valence electrons. The second kappa shape index (κ2) is 6.48. The van der Waals surface area contributed by atoms with Crippen molar-refractivity contribution in [2.24, 2.45) is 0 Å². The Hall–Kier alpha value is -2.62. The average molecular weight is 325 g/mol. The molecule has 3 heterocycles. The first kappa shape index (κ1) is 16.2. The van der Waals surface area contributed by atoms with Crippen molar-refractivity contribution < 1.29 is 0 Å². The highest BCUT2D eigenvalue weighted by molar-refractivity contribution is 5.50. The number of pyridine rings is 1. The van der Waals surface area contributed by atoms with E-state index in [2.05, 4.69) is 31.1 Å². The van der Waals surface area contributed by atoms with Crippen LogP contribution in [0.1, 0.15) is 41.4 Å². The van der Waals surface area contributed by atoms with E-state index >= 15 is 0 Å². The first-order chi connectivity index (χ1) is 11.5. The Morgan fingerprint density at radius 2 is 1.96 bits per heavy atom. The molecular weight excluding hydrogens is 302 g/mol. The van der Waals surface area contributed by atoms with Gasteiger partial charge in [-0.1, -0.05) is 0 Å². The molecule has 1 fully saturated rings. The number of hydrogen-bond acceptors (Lipinski definition) is 6. The number of aromatic nitrogens is 4. The highest BCUT2D eigenvalue weighted by atomic mass is 15.3. The smallest absolute Gasteiger partial charge is 0.244 e. The summed E-state index contributed by atoms with van der Waals surface area (Å²) in [4.78, 5) is 13.4. The summed E-state index contributed by atoms with van der Waals surface area (Å²) in [6.45, 7) is 5.74. The lowest BCUT2D eigenvalue weighted by Crippen LogP contribution is -2.34. The number of piperidine rings is 1. The van der Waals surface area contributed by atoms with Crippen LogP contribution in [0.15, 0.2) is 6.07 Å². The summed E-state index contributed by atoms with van der Waals surface area (Å²) in [6, 6.07) is 4.25. The molecule has 0 radical (unpaired) electrons. The van der Waals surface area contributed by atoms with Gasteiger partial charge in [-0.05, 0) is 38.3 Å². The molecule has 0 bridgehead atoms. The van der Waals surface area contributed by atoms with E-state index < -0.39 is 0 Å². The standard InChI is InChI=1S/C17H23N7/c1-11-9-15(19-12(2)14(11)10-18)24-7-5-13(6-8-24)16-20-17(22-21-16)23(3)4/h9,13H,5-8H2,1-4H3,(H,20,21,22). The molecule has 7 nitrogen and oxygen atoms in total. The Labute approximate surface area is 142 Å². The maximum atomic E-state index is 9.18. The fraction of sp³-hybridized carbons (Fsp3) is 0.529. The third-order valence-corrected chi connectivity index (χ3v) is 4.59. The largest absolute Gasteiger partial charge is 0.357 e. The van der Waals surface area contributed by atoms with Crippen LogP contribution in [-0.4, -0.2) is 47.4 Å². The van der Waals surface area contributed by atoms with Crippen molar-refractivity contribution in [3.8, 4) is 6.07 Å². The zero-order valence-corrected chi connectivity index (χ0v) is 14.7. The minimum Gasteiger partial charge on any atom is -0.357 e. The van der Waals surface area contributed by atoms with E-state index in [0.29, 0.717) is 11.5 Å². The number of H-pyrrole nitrogens is 1.